The molecule has 0 fully saturated rings. The summed E-state index contributed by atoms with van der Waals surface area (Å²) < 4.78 is 0. The van der Waals surface area contributed by atoms with Crippen molar-refractivity contribution >= 4 is 35.2 Å². The van der Waals surface area contributed by atoms with Crippen LogP contribution in [0.5, 0.6) is 0 Å². The van der Waals surface area contributed by atoms with Crippen LogP contribution in [0.1, 0.15) is 48.9 Å². The van der Waals surface area contributed by atoms with E-state index in [0.29, 0.717) is 11.7 Å². The van der Waals surface area contributed by atoms with Crippen molar-refractivity contribution in [1.82, 2.24) is 0 Å². The lowest BCUT2D eigenvalue weighted by molar-refractivity contribution is 1.25. The predicted octanol–water partition coefficient (Wildman–Crippen LogP) is 5.58. The molecule has 0 radical (unpaired) electrons. The Labute approximate surface area is 167 Å². The van der Waals surface area contributed by atoms with Crippen LogP contribution in [-0.2, 0) is 0 Å². The Morgan fingerprint density at radius 2 is 1.18 bits per heavy atom. The molecule has 0 atom stereocenters. The van der Waals surface area contributed by atoms with Gasteiger partial charge in [-0.25, -0.2) is 9.98 Å². The minimum Gasteiger partial charge on any atom is -0.387 e. The number of rotatable bonds is 0. The molecule has 144 valence electrons. The van der Waals surface area contributed by atoms with E-state index in [0.717, 1.165) is 29.8 Å². The van der Waals surface area contributed by atoms with Gasteiger partial charge in [0.1, 0.15) is 11.7 Å². The molecular formula is C24H28N4. The smallest absolute Gasteiger partial charge is 0.104 e. The highest BCUT2D eigenvalue weighted by Crippen LogP contribution is 2.27. The van der Waals surface area contributed by atoms with E-state index in [1.807, 2.05) is 6.07 Å². The number of hydrogen-bond acceptors (Lipinski definition) is 4. The summed E-state index contributed by atoms with van der Waals surface area (Å²) in [6.45, 7) is 8.31. The SMILES string of the molecule is CC1=Cc2cc(C)ccc2N=C(N)C1.CC1=Cc2ccc(C)cc2N=C(N)C1. The molecule has 2 heterocycles. The average Bonchev–Trinajstić information content (AvgIpc) is 2.82. The molecule has 4 N–H and O–H groups in total. The van der Waals surface area contributed by atoms with Crippen LogP contribution in [0.4, 0.5) is 11.4 Å². The van der Waals surface area contributed by atoms with Crippen LogP contribution in [0, 0.1) is 13.8 Å². The van der Waals surface area contributed by atoms with Gasteiger partial charge in [0, 0.05) is 24.0 Å². The molecule has 4 heteroatoms. The molecule has 0 saturated carbocycles. The monoisotopic (exact) mass is 372 g/mol. The van der Waals surface area contributed by atoms with Gasteiger partial charge < -0.3 is 11.5 Å². The fourth-order valence-electron chi connectivity index (χ4n) is 3.36. The van der Waals surface area contributed by atoms with Crippen molar-refractivity contribution in [2.45, 2.75) is 40.5 Å². The van der Waals surface area contributed by atoms with E-state index in [1.165, 1.54) is 27.8 Å². The second kappa shape index (κ2) is 8.26. The Balaban J connectivity index is 0.000000161. The molecule has 0 bridgehead atoms. The molecule has 2 aliphatic heterocycles. The third-order valence-electron chi connectivity index (χ3n) is 4.62. The van der Waals surface area contributed by atoms with Gasteiger partial charge >= 0.3 is 0 Å². The summed E-state index contributed by atoms with van der Waals surface area (Å²) in [7, 11) is 0. The molecule has 28 heavy (non-hydrogen) atoms. The molecular weight excluding hydrogens is 344 g/mol. The molecule has 2 aromatic rings. The molecule has 2 aromatic carbocycles. The maximum Gasteiger partial charge on any atom is 0.104 e. The third kappa shape index (κ3) is 4.97. The first-order valence-corrected chi connectivity index (χ1v) is 9.52. The molecule has 0 amide bonds. The van der Waals surface area contributed by atoms with Gasteiger partial charge in [0.05, 0.1) is 11.4 Å². The lowest BCUT2D eigenvalue weighted by atomic mass is 10.1. The van der Waals surface area contributed by atoms with Crippen LogP contribution < -0.4 is 11.5 Å². The minimum absolute atomic E-state index is 0.696. The molecule has 0 spiro atoms. The molecule has 0 aromatic heterocycles. The van der Waals surface area contributed by atoms with E-state index < -0.39 is 0 Å². The van der Waals surface area contributed by atoms with Gasteiger partial charge in [-0.05, 0) is 51.5 Å². The average molecular weight is 373 g/mol. The second-order valence-corrected chi connectivity index (χ2v) is 7.67. The highest BCUT2D eigenvalue weighted by molar-refractivity contribution is 5.90. The highest BCUT2D eigenvalue weighted by Gasteiger charge is 2.07. The Morgan fingerprint density at radius 1 is 0.643 bits per heavy atom. The maximum atomic E-state index is 5.80. The van der Waals surface area contributed by atoms with Crippen molar-refractivity contribution in [3.8, 4) is 0 Å². The fourth-order valence-corrected chi connectivity index (χ4v) is 3.36. The fraction of sp³-hybridized carbons (Fsp3) is 0.250. The number of fused-ring (bicyclic) bond motifs is 2. The van der Waals surface area contributed by atoms with Gasteiger partial charge in [-0.3, -0.25) is 0 Å². The zero-order chi connectivity index (χ0) is 20.3. The van der Waals surface area contributed by atoms with Crippen molar-refractivity contribution < 1.29 is 0 Å². The largest absolute Gasteiger partial charge is 0.387 e. The Kier molecular flexibility index (Phi) is 5.78. The summed E-state index contributed by atoms with van der Waals surface area (Å²) in [5.41, 5.74) is 20.9. The number of nitrogens with two attached hydrogens (primary N) is 2. The molecule has 4 rings (SSSR count). The number of aryl methyl sites for hydroxylation is 2. The van der Waals surface area contributed by atoms with Crippen LogP contribution in [0.25, 0.3) is 12.2 Å². The van der Waals surface area contributed by atoms with Crippen LogP contribution >= 0.6 is 0 Å². The quantitative estimate of drug-likeness (QED) is 0.633. The zero-order valence-corrected chi connectivity index (χ0v) is 17.1. The second-order valence-electron chi connectivity index (χ2n) is 7.67. The van der Waals surface area contributed by atoms with Crippen LogP contribution in [0.2, 0.25) is 0 Å². The topological polar surface area (TPSA) is 76.8 Å². The normalized spacial score (nSPS) is 15.3. The number of hydrogen-bond donors (Lipinski definition) is 2. The van der Waals surface area contributed by atoms with Crippen molar-refractivity contribution in [3.05, 3.63) is 69.8 Å². The van der Waals surface area contributed by atoms with Crippen LogP contribution in [-0.4, -0.2) is 11.7 Å². The van der Waals surface area contributed by atoms with Gasteiger partial charge in [0.25, 0.3) is 0 Å². The molecule has 2 aliphatic rings. The van der Waals surface area contributed by atoms with E-state index in [-0.39, 0.29) is 0 Å². The van der Waals surface area contributed by atoms with Crippen LogP contribution in [0.3, 0.4) is 0 Å². The summed E-state index contributed by atoms with van der Waals surface area (Å²) in [5.74, 6) is 1.39. The minimum atomic E-state index is 0.696. The van der Waals surface area contributed by atoms with Gasteiger partial charge in [-0.15, -0.1) is 0 Å². The van der Waals surface area contributed by atoms with Gasteiger partial charge in [0.2, 0.25) is 0 Å². The van der Waals surface area contributed by atoms with E-state index in [9.17, 15) is 0 Å². The van der Waals surface area contributed by atoms with Crippen molar-refractivity contribution in [2.24, 2.45) is 21.5 Å². The zero-order valence-electron chi connectivity index (χ0n) is 17.1. The first kappa shape index (κ1) is 19.6. The van der Waals surface area contributed by atoms with Gasteiger partial charge in [0.15, 0.2) is 0 Å². The predicted molar refractivity (Wildman–Crippen MR) is 121 cm³/mol. The molecule has 0 saturated heterocycles. The van der Waals surface area contributed by atoms with Crippen molar-refractivity contribution in [2.75, 3.05) is 0 Å². The van der Waals surface area contributed by atoms with E-state index in [4.69, 9.17) is 11.5 Å². The van der Waals surface area contributed by atoms with Gasteiger partial charge in [-0.2, -0.15) is 0 Å². The summed E-state index contributed by atoms with van der Waals surface area (Å²) >= 11 is 0. The van der Waals surface area contributed by atoms with E-state index >= 15 is 0 Å². The lowest BCUT2D eigenvalue weighted by Crippen LogP contribution is -2.10. The third-order valence-corrected chi connectivity index (χ3v) is 4.62. The highest BCUT2D eigenvalue weighted by atomic mass is 14.9. The van der Waals surface area contributed by atoms with Crippen LogP contribution in [0.15, 0.2) is 57.5 Å². The Hall–Kier alpha value is -3.14. The summed E-state index contributed by atoms with van der Waals surface area (Å²) in [4.78, 5) is 8.77. The Bertz CT molecular complexity index is 939. The standard InChI is InChI=1S/2C12H14N2/c1-8-3-4-10-5-9(2)7-12(13)14-11(10)6-8;1-8-3-4-11-10(5-8)6-9(2)7-12(13)14-11/h2*3-6H,7H2,1-2H3,(H2,13,14). The summed E-state index contributed by atoms with van der Waals surface area (Å²) in [6, 6.07) is 12.5. The summed E-state index contributed by atoms with van der Waals surface area (Å²) in [6.07, 6.45) is 5.85. The first-order valence-electron chi connectivity index (χ1n) is 9.52. The van der Waals surface area contributed by atoms with Gasteiger partial charge in [-0.1, -0.05) is 47.1 Å². The molecule has 0 unspecified atom stereocenters. The maximum absolute atomic E-state index is 5.80. The number of aliphatic imine (C=N–C) groups is 2. The van der Waals surface area contributed by atoms with E-state index in [1.54, 1.807) is 0 Å². The molecule has 4 nitrogen and oxygen atoms in total. The number of nitrogens with zero attached hydrogens (tertiary/aromatic N) is 2. The van der Waals surface area contributed by atoms with Crippen molar-refractivity contribution in [1.29, 1.82) is 0 Å². The summed E-state index contributed by atoms with van der Waals surface area (Å²) in [5, 5.41) is 0. The van der Waals surface area contributed by atoms with Crippen molar-refractivity contribution in [3.63, 3.8) is 0 Å². The lowest BCUT2D eigenvalue weighted by Gasteiger charge is -2.00. The van der Waals surface area contributed by atoms with E-state index in [2.05, 4.69) is 80.2 Å². The number of amidine groups is 2. The molecule has 0 aliphatic carbocycles. The number of benzene rings is 2. The first-order chi connectivity index (χ1) is 13.3. The Morgan fingerprint density at radius 3 is 1.86 bits per heavy atom.